The predicted octanol–water partition coefficient (Wildman–Crippen LogP) is 6.76. The highest BCUT2D eigenvalue weighted by Crippen LogP contribution is 2.42. The lowest BCUT2D eigenvalue weighted by atomic mass is 10.0. The number of alkyl halides is 4. The topological polar surface area (TPSA) is 0 Å². The summed E-state index contributed by atoms with van der Waals surface area (Å²) in [4.78, 5) is 0. The molecule has 20 heavy (non-hydrogen) atoms. The van der Waals surface area contributed by atoms with Crippen molar-refractivity contribution in [3.63, 3.8) is 0 Å². The largest absolute Gasteiger partial charge is 0.416 e. The number of halogens is 7. The Bertz CT molecular complexity index is 639. The average Bonchev–Trinajstić information content (AvgIpc) is 2.66. The van der Waals surface area contributed by atoms with Gasteiger partial charge in [-0.2, -0.15) is 13.2 Å². The van der Waals surface area contributed by atoms with Gasteiger partial charge in [0.15, 0.2) is 0 Å². The first kappa shape index (κ1) is 16.3. The van der Waals surface area contributed by atoms with Gasteiger partial charge in [0, 0.05) is 11.1 Å². The van der Waals surface area contributed by atoms with Crippen molar-refractivity contribution in [3.05, 3.63) is 54.3 Å². The van der Waals surface area contributed by atoms with E-state index in [1.807, 2.05) is 0 Å². The third kappa shape index (κ3) is 3.37. The zero-order valence-corrected chi connectivity index (χ0v) is 14.2. The van der Waals surface area contributed by atoms with E-state index in [0.29, 0.717) is 15.4 Å². The molecule has 0 saturated heterocycles. The third-order valence-electron chi connectivity index (χ3n) is 2.55. The molecule has 2 rings (SSSR count). The smallest absolute Gasteiger partial charge is 0.207 e. The highest BCUT2D eigenvalue weighted by atomic mass is 79.9. The standard InChI is InChI=1S/C12H5Br2ClF4S/c13-9-4-7(11(14)20-9)10(15)6-3-5(12(17,18)19)1-2-8(6)16/h1-4,10H. The fourth-order valence-electron chi connectivity index (χ4n) is 1.61. The Kier molecular flexibility index (Phi) is 4.83. The molecule has 0 spiro atoms. The van der Waals surface area contributed by atoms with Gasteiger partial charge in [-0.1, -0.05) is 0 Å². The maximum Gasteiger partial charge on any atom is 0.416 e. The second kappa shape index (κ2) is 5.94. The van der Waals surface area contributed by atoms with E-state index in [-0.39, 0.29) is 5.56 Å². The van der Waals surface area contributed by atoms with E-state index in [0.717, 1.165) is 15.9 Å². The molecule has 0 N–H and O–H groups in total. The van der Waals surface area contributed by atoms with E-state index in [1.165, 1.54) is 11.3 Å². The normalized spacial score (nSPS) is 13.6. The first-order valence-corrected chi connectivity index (χ1v) is 7.99. The third-order valence-corrected chi connectivity index (χ3v) is 5.41. The molecular weight excluding hydrogens is 447 g/mol. The molecule has 0 aliphatic carbocycles. The van der Waals surface area contributed by atoms with Crippen LogP contribution in [0, 0.1) is 5.82 Å². The van der Waals surface area contributed by atoms with Crippen LogP contribution in [0.15, 0.2) is 31.8 Å². The van der Waals surface area contributed by atoms with E-state index in [1.54, 1.807) is 6.07 Å². The average molecular weight is 452 g/mol. The Balaban J connectivity index is 2.49. The summed E-state index contributed by atoms with van der Waals surface area (Å²) in [5.74, 6) is -0.771. The quantitative estimate of drug-likeness (QED) is 0.349. The summed E-state index contributed by atoms with van der Waals surface area (Å²) in [5, 5.41) is -1.01. The van der Waals surface area contributed by atoms with Gasteiger partial charge in [-0.25, -0.2) is 4.39 Å². The van der Waals surface area contributed by atoms with E-state index >= 15 is 0 Å². The van der Waals surface area contributed by atoms with Crippen molar-refractivity contribution < 1.29 is 17.6 Å². The number of benzene rings is 1. The van der Waals surface area contributed by atoms with E-state index in [2.05, 4.69) is 31.9 Å². The van der Waals surface area contributed by atoms with Crippen molar-refractivity contribution in [2.24, 2.45) is 0 Å². The van der Waals surface area contributed by atoms with Gasteiger partial charge in [0.25, 0.3) is 0 Å². The van der Waals surface area contributed by atoms with Crippen LogP contribution < -0.4 is 0 Å². The SMILES string of the molecule is Fc1ccc(C(F)(F)F)cc1C(Cl)c1cc(Br)sc1Br. The minimum atomic E-state index is -4.54. The van der Waals surface area contributed by atoms with Gasteiger partial charge in [0.05, 0.1) is 18.5 Å². The van der Waals surface area contributed by atoms with Gasteiger partial charge in [0.2, 0.25) is 0 Å². The highest BCUT2D eigenvalue weighted by Gasteiger charge is 2.32. The van der Waals surface area contributed by atoms with Crippen LogP contribution in [0.5, 0.6) is 0 Å². The van der Waals surface area contributed by atoms with Gasteiger partial charge in [-0.15, -0.1) is 22.9 Å². The van der Waals surface area contributed by atoms with Crippen molar-refractivity contribution >= 4 is 54.8 Å². The van der Waals surface area contributed by atoms with Crippen molar-refractivity contribution in [2.45, 2.75) is 11.6 Å². The molecule has 8 heteroatoms. The second-order valence-electron chi connectivity index (χ2n) is 3.88. The molecule has 1 atom stereocenters. The molecule has 1 aromatic heterocycles. The first-order valence-electron chi connectivity index (χ1n) is 5.15. The molecule has 1 aromatic carbocycles. The molecule has 0 saturated carbocycles. The van der Waals surface area contributed by atoms with Crippen LogP contribution in [-0.2, 0) is 6.18 Å². The van der Waals surface area contributed by atoms with Crippen molar-refractivity contribution in [2.75, 3.05) is 0 Å². The number of hydrogen-bond donors (Lipinski definition) is 0. The molecule has 1 unspecified atom stereocenters. The van der Waals surface area contributed by atoms with Gasteiger partial charge in [0.1, 0.15) is 5.82 Å². The maximum atomic E-state index is 13.8. The number of rotatable bonds is 2. The lowest BCUT2D eigenvalue weighted by molar-refractivity contribution is -0.137. The predicted molar refractivity (Wildman–Crippen MR) is 78.8 cm³/mol. The van der Waals surface area contributed by atoms with Gasteiger partial charge >= 0.3 is 6.18 Å². The lowest BCUT2D eigenvalue weighted by Gasteiger charge is -2.13. The molecule has 0 amide bonds. The summed E-state index contributed by atoms with van der Waals surface area (Å²) in [6.45, 7) is 0. The summed E-state index contributed by atoms with van der Waals surface area (Å²) >= 11 is 13.9. The van der Waals surface area contributed by atoms with Crippen LogP contribution in [0.4, 0.5) is 17.6 Å². The maximum absolute atomic E-state index is 13.8. The molecule has 0 nitrogen and oxygen atoms in total. The molecule has 108 valence electrons. The first-order chi connectivity index (χ1) is 9.20. The molecule has 2 aromatic rings. The fraction of sp³-hybridized carbons (Fsp3) is 0.167. The molecule has 0 radical (unpaired) electrons. The van der Waals surface area contributed by atoms with Gasteiger partial charge in [-0.05, 0) is 56.1 Å². The fourth-order valence-corrected chi connectivity index (χ4v) is 5.05. The number of thiophene rings is 1. The zero-order chi connectivity index (χ0) is 15.1. The second-order valence-corrected chi connectivity index (χ2v) is 8.06. The van der Waals surface area contributed by atoms with Crippen molar-refractivity contribution in [1.29, 1.82) is 0 Å². The van der Waals surface area contributed by atoms with E-state index in [4.69, 9.17) is 11.6 Å². The minimum absolute atomic E-state index is 0.201. The van der Waals surface area contributed by atoms with E-state index in [9.17, 15) is 17.6 Å². The van der Waals surface area contributed by atoms with Crippen molar-refractivity contribution in [1.82, 2.24) is 0 Å². The summed E-state index contributed by atoms with van der Waals surface area (Å²) in [6.07, 6.45) is -4.54. The molecule has 0 aliphatic heterocycles. The van der Waals surface area contributed by atoms with Gasteiger partial charge < -0.3 is 0 Å². The lowest BCUT2D eigenvalue weighted by Crippen LogP contribution is -2.07. The Hall–Kier alpha value is -0.110. The monoisotopic (exact) mass is 450 g/mol. The number of hydrogen-bond acceptors (Lipinski definition) is 1. The summed E-state index contributed by atoms with van der Waals surface area (Å²) in [5.41, 5.74) is -0.612. The summed E-state index contributed by atoms with van der Waals surface area (Å²) in [6, 6.07) is 3.86. The van der Waals surface area contributed by atoms with Gasteiger partial charge in [-0.3, -0.25) is 0 Å². The summed E-state index contributed by atoms with van der Waals surface area (Å²) in [7, 11) is 0. The Morgan fingerprint density at radius 3 is 2.25 bits per heavy atom. The molecule has 0 fully saturated rings. The van der Waals surface area contributed by atoms with Crippen LogP contribution in [-0.4, -0.2) is 0 Å². The van der Waals surface area contributed by atoms with Crippen LogP contribution in [0.2, 0.25) is 0 Å². The van der Waals surface area contributed by atoms with Crippen LogP contribution >= 0.6 is 54.8 Å². The van der Waals surface area contributed by atoms with Crippen LogP contribution in [0.25, 0.3) is 0 Å². The van der Waals surface area contributed by atoms with Crippen molar-refractivity contribution in [3.8, 4) is 0 Å². The van der Waals surface area contributed by atoms with Crippen LogP contribution in [0.3, 0.4) is 0 Å². The van der Waals surface area contributed by atoms with Crippen LogP contribution in [0.1, 0.15) is 22.1 Å². The zero-order valence-electron chi connectivity index (χ0n) is 9.44. The highest BCUT2D eigenvalue weighted by molar-refractivity contribution is 9.12. The Morgan fingerprint density at radius 1 is 1.10 bits per heavy atom. The summed E-state index contributed by atoms with van der Waals surface area (Å²) < 4.78 is 53.2. The molecule has 0 bridgehead atoms. The Labute approximate surface area is 138 Å². The molecule has 0 aliphatic rings. The molecule has 1 heterocycles. The Morgan fingerprint density at radius 2 is 1.75 bits per heavy atom. The van der Waals surface area contributed by atoms with E-state index < -0.39 is 22.9 Å². The molecular formula is C12H5Br2ClF4S. The minimum Gasteiger partial charge on any atom is -0.207 e.